The minimum Gasteiger partial charge on any atom is -0.467 e. The van der Waals surface area contributed by atoms with Crippen molar-refractivity contribution < 1.29 is 52.0 Å². The first-order chi connectivity index (χ1) is 19.8. The van der Waals surface area contributed by atoms with Gasteiger partial charge in [0.1, 0.15) is 17.7 Å². The van der Waals surface area contributed by atoms with E-state index in [9.17, 15) is 28.8 Å². The van der Waals surface area contributed by atoms with E-state index in [1.165, 1.54) is 10.9 Å². The van der Waals surface area contributed by atoms with Gasteiger partial charge in [-0.15, -0.1) is 0 Å². The van der Waals surface area contributed by atoms with Gasteiger partial charge in [0, 0.05) is 5.92 Å². The maximum absolute atomic E-state index is 13.9. The van der Waals surface area contributed by atoms with E-state index in [-0.39, 0.29) is 35.9 Å². The number of rotatable bonds is 15. The molecule has 1 aliphatic heterocycles. The largest absolute Gasteiger partial charge is 0.467 e. The number of anilines is 1. The summed E-state index contributed by atoms with van der Waals surface area (Å²) in [4.78, 5) is 35.7. The fraction of sp³-hybridized carbons (Fsp3) is 0.708. The number of carbonyl (C=O) groups excluding carboxylic acids is 2. The smallest absolute Gasteiger partial charge is 0.406 e. The molecule has 1 aliphatic rings. The minimum absolute atomic E-state index is 0.0142. The summed E-state index contributed by atoms with van der Waals surface area (Å²) >= 11 is 0. The number of aromatic nitrogens is 4. The molecule has 0 aromatic carbocycles. The van der Waals surface area contributed by atoms with Crippen molar-refractivity contribution in [1.29, 1.82) is 0 Å². The highest BCUT2D eigenvalue weighted by Crippen LogP contribution is 2.46. The summed E-state index contributed by atoms with van der Waals surface area (Å²) in [5.74, 6) is -2.52. The van der Waals surface area contributed by atoms with E-state index in [4.69, 9.17) is 24.3 Å². The standard InChI is InChI=1S/C24H38FN6O10P/c1-12(2)6-15(23(35)41-13(3)4)30-42(36,40-10-18(33)37-5)39-9-17-20(34)14(8-38-17)16(7-32)31-11-27-19-21(26)28-24(25)29-22(19)31/h11-17,20,32,34H,6-10H2,1-5H3,(H,30,36)(H2,26,28,29)/t14?,15-,16+,17+,20?,42?/m0/s1. The Morgan fingerprint density at radius 1 is 1.29 bits per heavy atom. The van der Waals surface area contributed by atoms with Gasteiger partial charge in [-0.05, 0) is 26.2 Å². The molecule has 18 heteroatoms. The number of aliphatic hydroxyl groups excluding tert-OH is 2. The lowest BCUT2D eigenvalue weighted by Crippen LogP contribution is -2.40. The highest BCUT2D eigenvalue weighted by molar-refractivity contribution is 7.51. The number of aliphatic hydroxyl groups is 2. The molecular formula is C24H38FN6O10P. The SMILES string of the molecule is COC(=O)COP(=O)(N[C@@H](CC(C)C)C(=O)OC(C)C)OC[C@H]1OCC([C@@H](CO)n2cnc3c(N)nc(F)nc32)C1O. The number of fused-ring (bicyclic) bond motifs is 1. The van der Waals surface area contributed by atoms with E-state index < -0.39 is 81.9 Å². The van der Waals surface area contributed by atoms with Crippen LogP contribution in [0.15, 0.2) is 6.33 Å². The van der Waals surface area contributed by atoms with Crippen LogP contribution in [0.2, 0.25) is 0 Å². The van der Waals surface area contributed by atoms with Crippen LogP contribution >= 0.6 is 7.75 Å². The van der Waals surface area contributed by atoms with Crippen LogP contribution in [0.5, 0.6) is 0 Å². The van der Waals surface area contributed by atoms with Crippen LogP contribution in [0, 0.1) is 17.9 Å². The average molecular weight is 621 g/mol. The van der Waals surface area contributed by atoms with Crippen LogP contribution in [0.25, 0.3) is 11.2 Å². The fourth-order valence-corrected chi connectivity index (χ4v) is 5.87. The Morgan fingerprint density at radius 2 is 2.00 bits per heavy atom. The Kier molecular flexibility index (Phi) is 11.7. The second-order valence-electron chi connectivity index (χ2n) is 10.4. The molecule has 0 radical (unpaired) electrons. The zero-order valence-corrected chi connectivity index (χ0v) is 24.9. The Hall–Kier alpha value is -2.79. The van der Waals surface area contributed by atoms with Crippen molar-refractivity contribution in [2.24, 2.45) is 11.8 Å². The van der Waals surface area contributed by atoms with Gasteiger partial charge in [0.2, 0.25) is 0 Å². The van der Waals surface area contributed by atoms with E-state index in [2.05, 4.69) is 24.8 Å². The lowest BCUT2D eigenvalue weighted by Gasteiger charge is -2.28. The molecular weight excluding hydrogens is 582 g/mol. The van der Waals surface area contributed by atoms with E-state index in [1.54, 1.807) is 13.8 Å². The van der Waals surface area contributed by atoms with Gasteiger partial charge in [-0.25, -0.2) is 19.4 Å². The Bertz CT molecular complexity index is 1280. The quantitative estimate of drug-likeness (QED) is 0.122. The maximum Gasteiger partial charge on any atom is 0.406 e. The molecule has 3 unspecified atom stereocenters. The summed E-state index contributed by atoms with van der Waals surface area (Å²) in [6.45, 7) is 5.17. The number of esters is 2. The molecule has 16 nitrogen and oxygen atoms in total. The number of nitrogens with two attached hydrogens (primary N) is 1. The summed E-state index contributed by atoms with van der Waals surface area (Å²) in [5.41, 5.74) is 5.86. The number of methoxy groups -OCH3 is 1. The highest BCUT2D eigenvalue weighted by Gasteiger charge is 2.44. The monoisotopic (exact) mass is 620 g/mol. The van der Waals surface area contributed by atoms with Gasteiger partial charge in [0.25, 0.3) is 0 Å². The number of nitrogens with one attached hydrogen (secondary N) is 1. The first-order valence-electron chi connectivity index (χ1n) is 13.3. The summed E-state index contributed by atoms with van der Waals surface area (Å²) in [7, 11) is -3.28. The second-order valence-corrected chi connectivity index (χ2v) is 12.2. The maximum atomic E-state index is 13.9. The summed E-state index contributed by atoms with van der Waals surface area (Å²) in [5, 5.41) is 23.8. The zero-order chi connectivity index (χ0) is 31.2. The van der Waals surface area contributed by atoms with Crippen LogP contribution in [-0.2, 0) is 37.4 Å². The molecule has 0 saturated carbocycles. The van der Waals surface area contributed by atoms with Gasteiger partial charge in [0.15, 0.2) is 18.1 Å². The molecule has 0 amide bonds. The molecule has 236 valence electrons. The topological polar surface area (TPSA) is 219 Å². The van der Waals surface area contributed by atoms with Gasteiger partial charge < -0.3 is 34.7 Å². The third-order valence-corrected chi connectivity index (χ3v) is 8.01. The average Bonchev–Trinajstić information content (AvgIpc) is 3.49. The van der Waals surface area contributed by atoms with Crippen molar-refractivity contribution in [1.82, 2.24) is 24.6 Å². The fourth-order valence-electron chi connectivity index (χ4n) is 4.43. The van der Waals surface area contributed by atoms with E-state index in [1.807, 2.05) is 13.8 Å². The van der Waals surface area contributed by atoms with Crippen LogP contribution in [0.1, 0.15) is 40.2 Å². The summed E-state index contributed by atoms with van der Waals surface area (Å²) in [6.07, 6.45) is -2.40. The predicted molar refractivity (Wildman–Crippen MR) is 144 cm³/mol. The molecule has 3 rings (SSSR count). The van der Waals surface area contributed by atoms with Crippen molar-refractivity contribution >= 4 is 36.7 Å². The number of hydrogen-bond donors (Lipinski definition) is 4. The molecule has 2 aromatic heterocycles. The lowest BCUT2D eigenvalue weighted by molar-refractivity contribution is -0.150. The number of halogens is 1. The van der Waals surface area contributed by atoms with Crippen molar-refractivity contribution in [3.8, 4) is 0 Å². The molecule has 3 heterocycles. The molecule has 5 N–H and O–H groups in total. The van der Waals surface area contributed by atoms with Crippen molar-refractivity contribution in [3.63, 3.8) is 0 Å². The third-order valence-electron chi connectivity index (χ3n) is 6.43. The number of ether oxygens (including phenoxy) is 3. The van der Waals surface area contributed by atoms with Gasteiger partial charge in [-0.3, -0.25) is 13.8 Å². The zero-order valence-electron chi connectivity index (χ0n) is 24.0. The summed E-state index contributed by atoms with van der Waals surface area (Å²) < 4.78 is 55.3. The van der Waals surface area contributed by atoms with Gasteiger partial charge in [-0.2, -0.15) is 14.4 Å². The van der Waals surface area contributed by atoms with E-state index in [0.29, 0.717) is 0 Å². The predicted octanol–water partition coefficient (Wildman–Crippen LogP) is 0.727. The first-order valence-corrected chi connectivity index (χ1v) is 14.8. The van der Waals surface area contributed by atoms with Gasteiger partial charge in [-0.1, -0.05) is 13.8 Å². The van der Waals surface area contributed by atoms with Crippen molar-refractivity contribution in [2.75, 3.05) is 39.3 Å². The van der Waals surface area contributed by atoms with Crippen LogP contribution in [0.4, 0.5) is 10.2 Å². The van der Waals surface area contributed by atoms with Crippen LogP contribution in [-0.4, -0.2) is 99.6 Å². The van der Waals surface area contributed by atoms with Crippen molar-refractivity contribution in [2.45, 2.75) is 64.5 Å². The molecule has 0 aliphatic carbocycles. The van der Waals surface area contributed by atoms with E-state index >= 15 is 0 Å². The number of nitrogen functional groups attached to an aromatic ring is 1. The lowest BCUT2D eigenvalue weighted by atomic mass is 9.94. The van der Waals surface area contributed by atoms with Gasteiger partial charge >= 0.3 is 25.8 Å². The number of imidazole rings is 1. The third kappa shape index (κ3) is 8.40. The van der Waals surface area contributed by atoms with Crippen LogP contribution < -0.4 is 10.8 Å². The molecule has 0 spiro atoms. The molecule has 2 aromatic rings. The van der Waals surface area contributed by atoms with Gasteiger partial charge in [0.05, 0.1) is 51.5 Å². The summed E-state index contributed by atoms with van der Waals surface area (Å²) in [6, 6.07) is -1.98. The minimum atomic E-state index is -4.40. The second kappa shape index (κ2) is 14.6. The molecule has 1 fully saturated rings. The Balaban J connectivity index is 1.78. The van der Waals surface area contributed by atoms with Crippen LogP contribution in [0.3, 0.4) is 0 Å². The first kappa shape index (κ1) is 33.7. The Labute approximate surface area is 241 Å². The normalized spacial score (nSPS) is 21.9. The number of hydrogen-bond acceptors (Lipinski definition) is 14. The number of nitrogens with zero attached hydrogens (tertiary/aromatic N) is 4. The molecule has 0 bridgehead atoms. The highest BCUT2D eigenvalue weighted by atomic mass is 31.2. The van der Waals surface area contributed by atoms with E-state index in [0.717, 1.165) is 7.11 Å². The molecule has 1 saturated heterocycles. The number of carbonyl (C=O) groups is 2. The Morgan fingerprint density at radius 3 is 2.62 bits per heavy atom. The molecule has 6 atom stereocenters. The van der Waals surface area contributed by atoms with Crippen molar-refractivity contribution in [3.05, 3.63) is 12.4 Å². The molecule has 42 heavy (non-hydrogen) atoms.